The largest absolute Gasteiger partial charge is 0.452 e. The number of aromatic nitrogens is 1. The van der Waals surface area contributed by atoms with Crippen LogP contribution in [-0.2, 0) is 14.9 Å². The van der Waals surface area contributed by atoms with Gasteiger partial charge in [0.15, 0.2) is 11.7 Å². The number of fused-ring (bicyclic) bond motifs is 1. The minimum atomic E-state index is -0.811. The van der Waals surface area contributed by atoms with Crippen LogP contribution in [0.15, 0.2) is 36.4 Å². The fraction of sp³-hybridized carbons (Fsp3) is 0.286. The zero-order chi connectivity index (χ0) is 22.1. The number of carbonyl (C=O) groups is 2. The van der Waals surface area contributed by atoms with Gasteiger partial charge in [0.05, 0.1) is 20.7 Å². The molecule has 0 unspecified atom stereocenters. The first-order valence-corrected chi connectivity index (χ1v) is 9.99. The van der Waals surface area contributed by atoms with Crippen molar-refractivity contribution < 1.29 is 19.2 Å². The van der Waals surface area contributed by atoms with Gasteiger partial charge in [0.1, 0.15) is 0 Å². The first-order valence-electron chi connectivity index (χ1n) is 9.17. The smallest absolute Gasteiger partial charge is 0.338 e. The molecule has 8 nitrogen and oxygen atoms in total. The third kappa shape index (κ3) is 4.80. The Morgan fingerprint density at radius 1 is 1.20 bits per heavy atom. The van der Waals surface area contributed by atoms with E-state index >= 15 is 0 Å². The molecule has 3 aromatic rings. The van der Waals surface area contributed by atoms with E-state index in [0.29, 0.717) is 10.7 Å². The number of hydrogen-bond donors (Lipinski definition) is 1. The number of thiazole rings is 1. The quantitative estimate of drug-likeness (QED) is 0.362. The minimum absolute atomic E-state index is 0.0120. The van der Waals surface area contributed by atoms with E-state index in [9.17, 15) is 19.7 Å². The predicted molar refractivity (Wildman–Crippen MR) is 115 cm³/mol. The first kappa shape index (κ1) is 21.4. The van der Waals surface area contributed by atoms with Crippen LogP contribution in [0.4, 0.5) is 10.8 Å². The SMILES string of the molecule is Cc1ccc2nc(NC(=O)COC(=O)c3ccc(C(C)(C)C)c([N+](=O)[O-])c3)sc2c1. The van der Waals surface area contributed by atoms with Gasteiger partial charge in [-0.1, -0.05) is 44.2 Å². The van der Waals surface area contributed by atoms with Crippen LogP contribution < -0.4 is 5.32 Å². The van der Waals surface area contributed by atoms with Crippen molar-refractivity contribution >= 4 is 44.2 Å². The summed E-state index contributed by atoms with van der Waals surface area (Å²) in [6.45, 7) is 6.99. The third-order valence-corrected chi connectivity index (χ3v) is 5.30. The summed E-state index contributed by atoms with van der Waals surface area (Å²) in [5.41, 5.74) is 1.76. The van der Waals surface area contributed by atoms with Crippen LogP contribution in [-0.4, -0.2) is 28.4 Å². The number of nitrogens with zero attached hydrogens (tertiary/aromatic N) is 2. The van der Waals surface area contributed by atoms with Crippen LogP contribution in [0, 0.1) is 17.0 Å². The molecule has 0 aliphatic carbocycles. The van der Waals surface area contributed by atoms with E-state index < -0.39 is 28.8 Å². The maximum Gasteiger partial charge on any atom is 0.338 e. The highest BCUT2D eigenvalue weighted by Crippen LogP contribution is 2.32. The second-order valence-electron chi connectivity index (χ2n) is 7.85. The van der Waals surface area contributed by atoms with Gasteiger partial charge in [-0.3, -0.25) is 20.2 Å². The van der Waals surface area contributed by atoms with Gasteiger partial charge in [0.25, 0.3) is 11.6 Å². The molecule has 3 rings (SSSR count). The number of ether oxygens (including phenoxy) is 1. The van der Waals surface area contributed by atoms with Crippen molar-refractivity contribution in [2.24, 2.45) is 0 Å². The van der Waals surface area contributed by atoms with Crippen molar-refractivity contribution in [2.75, 3.05) is 11.9 Å². The van der Waals surface area contributed by atoms with Gasteiger partial charge in [-0.2, -0.15) is 0 Å². The Balaban J connectivity index is 1.66. The summed E-state index contributed by atoms with van der Waals surface area (Å²) in [7, 11) is 0. The molecular weight excluding hydrogens is 406 g/mol. The standard InChI is InChI=1S/C21H21N3O5S/c1-12-5-8-15-17(9-12)30-20(22-15)23-18(25)11-29-19(26)13-6-7-14(21(2,3)4)16(10-13)24(27)28/h5-10H,11H2,1-4H3,(H,22,23,25). The molecule has 0 saturated heterocycles. The Morgan fingerprint density at radius 2 is 1.93 bits per heavy atom. The van der Waals surface area contributed by atoms with E-state index in [-0.39, 0.29) is 11.3 Å². The van der Waals surface area contributed by atoms with Crippen LogP contribution in [0.2, 0.25) is 0 Å². The van der Waals surface area contributed by atoms with Crippen LogP contribution >= 0.6 is 11.3 Å². The molecule has 1 N–H and O–H groups in total. The summed E-state index contributed by atoms with van der Waals surface area (Å²) in [6.07, 6.45) is 0. The number of aryl methyl sites for hydroxylation is 1. The molecular formula is C21H21N3O5S. The lowest BCUT2D eigenvalue weighted by Crippen LogP contribution is -2.21. The number of carbonyl (C=O) groups excluding carboxylic acids is 2. The van der Waals surface area contributed by atoms with Gasteiger partial charge in [0, 0.05) is 11.6 Å². The van der Waals surface area contributed by atoms with Gasteiger partial charge in [-0.15, -0.1) is 0 Å². The summed E-state index contributed by atoms with van der Waals surface area (Å²) < 4.78 is 5.96. The molecule has 1 amide bonds. The monoisotopic (exact) mass is 427 g/mol. The molecule has 0 fully saturated rings. The van der Waals surface area contributed by atoms with E-state index in [2.05, 4.69) is 10.3 Å². The molecule has 0 atom stereocenters. The zero-order valence-electron chi connectivity index (χ0n) is 17.0. The molecule has 1 aromatic heterocycles. The molecule has 0 radical (unpaired) electrons. The van der Waals surface area contributed by atoms with E-state index in [1.807, 2.05) is 45.9 Å². The van der Waals surface area contributed by atoms with Crippen molar-refractivity contribution in [3.05, 3.63) is 63.2 Å². The van der Waals surface area contributed by atoms with E-state index in [4.69, 9.17) is 4.74 Å². The van der Waals surface area contributed by atoms with Gasteiger partial charge in [-0.25, -0.2) is 9.78 Å². The minimum Gasteiger partial charge on any atom is -0.452 e. The highest BCUT2D eigenvalue weighted by Gasteiger charge is 2.26. The van der Waals surface area contributed by atoms with Crippen molar-refractivity contribution in [2.45, 2.75) is 33.1 Å². The lowest BCUT2D eigenvalue weighted by atomic mass is 9.85. The topological polar surface area (TPSA) is 111 Å². The van der Waals surface area contributed by atoms with Gasteiger partial charge < -0.3 is 4.74 Å². The maximum atomic E-state index is 12.3. The number of anilines is 1. The van der Waals surface area contributed by atoms with Gasteiger partial charge >= 0.3 is 5.97 Å². The van der Waals surface area contributed by atoms with Crippen molar-refractivity contribution in [1.82, 2.24) is 4.98 Å². The second-order valence-corrected chi connectivity index (χ2v) is 8.88. The summed E-state index contributed by atoms with van der Waals surface area (Å²) in [5, 5.41) is 14.4. The van der Waals surface area contributed by atoms with Gasteiger partial charge in [-0.05, 0) is 36.1 Å². The molecule has 2 aromatic carbocycles. The van der Waals surface area contributed by atoms with E-state index in [1.54, 1.807) is 0 Å². The molecule has 1 heterocycles. The predicted octanol–water partition coefficient (Wildman–Crippen LogP) is 4.61. The molecule has 0 aliphatic rings. The summed E-state index contributed by atoms with van der Waals surface area (Å²) in [4.78, 5) is 39.6. The van der Waals surface area contributed by atoms with Gasteiger partial charge in [0.2, 0.25) is 0 Å². The van der Waals surface area contributed by atoms with Crippen LogP contribution in [0.5, 0.6) is 0 Å². The molecule has 9 heteroatoms. The fourth-order valence-electron chi connectivity index (χ4n) is 2.90. The first-order chi connectivity index (χ1) is 14.0. The lowest BCUT2D eigenvalue weighted by Gasteiger charge is -2.19. The van der Waals surface area contributed by atoms with Crippen molar-refractivity contribution in [3.8, 4) is 0 Å². The Kier molecular flexibility index (Phi) is 5.84. The van der Waals surface area contributed by atoms with Crippen LogP contribution in [0.1, 0.15) is 42.3 Å². The van der Waals surface area contributed by atoms with E-state index in [1.165, 1.54) is 29.5 Å². The number of nitro groups is 1. The molecule has 0 bridgehead atoms. The Hall–Kier alpha value is -3.33. The zero-order valence-corrected chi connectivity index (χ0v) is 17.8. The Labute approximate surface area is 177 Å². The summed E-state index contributed by atoms with van der Waals surface area (Å²) in [6, 6.07) is 9.94. The third-order valence-electron chi connectivity index (χ3n) is 4.36. The molecule has 0 spiro atoms. The lowest BCUT2D eigenvalue weighted by molar-refractivity contribution is -0.386. The molecule has 0 saturated carbocycles. The number of rotatable bonds is 5. The summed E-state index contributed by atoms with van der Waals surface area (Å²) >= 11 is 1.32. The Morgan fingerprint density at radius 3 is 2.60 bits per heavy atom. The van der Waals surface area contributed by atoms with Crippen molar-refractivity contribution in [1.29, 1.82) is 0 Å². The van der Waals surface area contributed by atoms with Crippen LogP contribution in [0.3, 0.4) is 0 Å². The Bertz CT molecular complexity index is 1150. The van der Waals surface area contributed by atoms with Crippen LogP contribution in [0.25, 0.3) is 10.2 Å². The maximum absolute atomic E-state index is 12.3. The van der Waals surface area contributed by atoms with E-state index in [0.717, 1.165) is 15.8 Å². The molecule has 30 heavy (non-hydrogen) atoms. The highest BCUT2D eigenvalue weighted by atomic mass is 32.1. The number of nitrogens with one attached hydrogen (secondary N) is 1. The average molecular weight is 427 g/mol. The van der Waals surface area contributed by atoms with Crippen molar-refractivity contribution in [3.63, 3.8) is 0 Å². The summed E-state index contributed by atoms with van der Waals surface area (Å²) in [5.74, 6) is -1.35. The normalized spacial score (nSPS) is 11.3. The highest BCUT2D eigenvalue weighted by molar-refractivity contribution is 7.22. The fourth-order valence-corrected chi connectivity index (χ4v) is 3.88. The molecule has 0 aliphatic heterocycles. The number of amides is 1. The average Bonchev–Trinajstić information content (AvgIpc) is 3.05. The number of esters is 1. The molecule has 156 valence electrons. The number of hydrogen-bond acceptors (Lipinski definition) is 7. The second kappa shape index (κ2) is 8.19. The number of benzene rings is 2. The number of nitro benzene ring substituents is 1.